The van der Waals surface area contributed by atoms with E-state index < -0.39 is 5.41 Å². The molecule has 4 rings (SSSR count). The molecule has 0 unspecified atom stereocenters. The van der Waals surface area contributed by atoms with E-state index >= 15 is 0 Å². The smallest absolute Gasteiger partial charge is 0.311 e. The first-order valence-corrected chi connectivity index (χ1v) is 13.9. The van der Waals surface area contributed by atoms with Crippen LogP contribution in [0.5, 0.6) is 11.5 Å². The zero-order chi connectivity index (χ0) is 27.8. The van der Waals surface area contributed by atoms with Crippen molar-refractivity contribution < 1.29 is 23.8 Å². The fraction of sp³-hybridized carbons (Fsp3) is 0.323. The van der Waals surface area contributed by atoms with Crippen molar-refractivity contribution in [2.24, 2.45) is 5.41 Å². The Hall–Kier alpha value is -3.91. The number of carbonyl (C=O) groups is 2. The summed E-state index contributed by atoms with van der Waals surface area (Å²) in [5, 5.41) is 0. The summed E-state index contributed by atoms with van der Waals surface area (Å²) in [7, 11) is 0. The van der Waals surface area contributed by atoms with Gasteiger partial charge in [0.25, 0.3) is 0 Å². The molecule has 1 heterocycles. The first-order valence-electron chi connectivity index (χ1n) is 13.0. The van der Waals surface area contributed by atoms with Crippen LogP contribution in [0, 0.1) is 5.41 Å². The van der Waals surface area contributed by atoms with Crippen molar-refractivity contribution >= 4 is 33.3 Å². The van der Waals surface area contributed by atoms with Crippen LogP contribution in [0.15, 0.2) is 77.6 Å². The Balaban J connectivity index is 1.27. The number of hydrogen-bond acceptors (Lipinski definition) is 7. The van der Waals surface area contributed by atoms with Gasteiger partial charge in [-0.3, -0.25) is 19.0 Å². The van der Waals surface area contributed by atoms with E-state index in [1.54, 1.807) is 35.8 Å². The van der Waals surface area contributed by atoms with Gasteiger partial charge in [-0.25, -0.2) is 0 Å². The molecule has 0 atom stereocenters. The summed E-state index contributed by atoms with van der Waals surface area (Å²) in [6.07, 6.45) is 1.41. The molecule has 0 N–H and O–H groups in total. The van der Waals surface area contributed by atoms with E-state index in [0.29, 0.717) is 49.7 Å². The molecular weight excluding hydrogens is 514 g/mol. The van der Waals surface area contributed by atoms with Gasteiger partial charge in [0.15, 0.2) is 5.78 Å². The average molecular weight is 548 g/mol. The molecule has 3 aromatic carbocycles. The summed E-state index contributed by atoms with van der Waals surface area (Å²) < 4.78 is 19.2. The van der Waals surface area contributed by atoms with Gasteiger partial charge in [0.1, 0.15) is 18.1 Å². The van der Waals surface area contributed by atoms with Gasteiger partial charge in [-0.2, -0.15) is 0 Å². The molecule has 0 bridgehead atoms. The van der Waals surface area contributed by atoms with Crippen molar-refractivity contribution in [1.29, 1.82) is 0 Å². The highest BCUT2D eigenvalue weighted by Gasteiger charge is 2.28. The molecule has 0 saturated heterocycles. The van der Waals surface area contributed by atoms with Crippen LogP contribution in [-0.4, -0.2) is 36.1 Å². The lowest BCUT2D eigenvalue weighted by molar-refractivity contribution is -0.153. The Morgan fingerprint density at radius 2 is 1.54 bits per heavy atom. The Labute approximate surface area is 232 Å². The van der Waals surface area contributed by atoms with Crippen LogP contribution in [0.2, 0.25) is 0 Å². The predicted octanol–water partition coefficient (Wildman–Crippen LogP) is 6.12. The highest BCUT2D eigenvalue weighted by atomic mass is 32.1. The van der Waals surface area contributed by atoms with Gasteiger partial charge in [-0.05, 0) is 76.1 Å². The van der Waals surface area contributed by atoms with Crippen LogP contribution < -0.4 is 14.3 Å². The predicted molar refractivity (Wildman–Crippen MR) is 153 cm³/mol. The standard InChI is InChI=1S/C31H33NO6S/c1-4-36-29(34)31(2,3)17-8-19-37-24-12-14-25(15-13-24)38-20-18-32-26-16-11-23(21-27(26)39-30(32)35)28(33)22-9-6-5-7-10-22/h5-7,9-16,21H,4,8,17-20H2,1-3H3. The van der Waals surface area contributed by atoms with Crippen LogP contribution in [0.25, 0.3) is 10.2 Å². The normalized spacial score (nSPS) is 11.4. The second-order valence-electron chi connectivity index (χ2n) is 9.77. The number of aromatic nitrogens is 1. The molecule has 39 heavy (non-hydrogen) atoms. The lowest BCUT2D eigenvalue weighted by atomic mass is 9.88. The van der Waals surface area contributed by atoms with Crippen molar-refractivity contribution in [3.8, 4) is 11.5 Å². The Kier molecular flexibility index (Phi) is 9.19. The Morgan fingerprint density at radius 1 is 0.872 bits per heavy atom. The van der Waals surface area contributed by atoms with Gasteiger partial charge in [0.2, 0.25) is 0 Å². The third-order valence-corrected chi connectivity index (χ3v) is 7.36. The second-order valence-corrected chi connectivity index (χ2v) is 10.8. The third kappa shape index (κ3) is 7.15. The highest BCUT2D eigenvalue weighted by Crippen LogP contribution is 2.25. The largest absolute Gasteiger partial charge is 0.494 e. The summed E-state index contributed by atoms with van der Waals surface area (Å²) >= 11 is 1.13. The SMILES string of the molecule is CCOC(=O)C(C)(C)CCCOc1ccc(OCCn2c(=O)sc3cc(C(=O)c4ccccc4)ccc32)cc1. The van der Waals surface area contributed by atoms with E-state index in [-0.39, 0.29) is 16.6 Å². The molecule has 0 aliphatic carbocycles. The van der Waals surface area contributed by atoms with Gasteiger partial charge in [-0.15, -0.1) is 0 Å². The first kappa shape index (κ1) is 28.1. The number of fused-ring (bicyclic) bond motifs is 1. The summed E-state index contributed by atoms with van der Waals surface area (Å²) in [6, 6.07) is 21.8. The molecular formula is C31H33NO6S. The number of carbonyl (C=O) groups excluding carboxylic acids is 2. The quantitative estimate of drug-likeness (QED) is 0.114. The summed E-state index contributed by atoms with van der Waals surface area (Å²) in [5.41, 5.74) is 1.43. The molecule has 0 amide bonds. The maximum Gasteiger partial charge on any atom is 0.311 e. The Morgan fingerprint density at radius 3 is 2.21 bits per heavy atom. The van der Waals surface area contributed by atoms with E-state index in [1.807, 2.05) is 62.4 Å². The van der Waals surface area contributed by atoms with Gasteiger partial charge >= 0.3 is 10.8 Å². The van der Waals surface area contributed by atoms with Gasteiger partial charge < -0.3 is 14.2 Å². The maximum atomic E-state index is 12.8. The number of ether oxygens (including phenoxy) is 3. The lowest BCUT2D eigenvalue weighted by Crippen LogP contribution is -2.27. The van der Waals surface area contributed by atoms with Crippen LogP contribution in [0.1, 0.15) is 49.5 Å². The van der Waals surface area contributed by atoms with Crippen molar-refractivity contribution in [3.05, 3.63) is 93.6 Å². The summed E-state index contributed by atoms with van der Waals surface area (Å²) in [6.45, 7) is 7.16. The molecule has 204 valence electrons. The molecule has 0 radical (unpaired) electrons. The zero-order valence-electron chi connectivity index (χ0n) is 22.5. The number of hydrogen-bond donors (Lipinski definition) is 0. The molecule has 0 aliphatic heterocycles. The van der Waals surface area contributed by atoms with E-state index in [1.165, 1.54) is 0 Å². The minimum atomic E-state index is -0.533. The van der Waals surface area contributed by atoms with Crippen LogP contribution in [0.3, 0.4) is 0 Å². The number of esters is 1. The van der Waals surface area contributed by atoms with E-state index in [4.69, 9.17) is 14.2 Å². The molecule has 0 saturated carbocycles. The molecule has 1 aromatic heterocycles. The Bertz CT molecular complexity index is 1470. The van der Waals surface area contributed by atoms with Gasteiger partial charge in [0, 0.05) is 11.1 Å². The van der Waals surface area contributed by atoms with E-state index in [0.717, 1.165) is 33.7 Å². The van der Waals surface area contributed by atoms with Crippen molar-refractivity contribution in [1.82, 2.24) is 4.57 Å². The second kappa shape index (κ2) is 12.8. The zero-order valence-corrected chi connectivity index (χ0v) is 23.3. The van der Waals surface area contributed by atoms with Crippen LogP contribution >= 0.6 is 11.3 Å². The molecule has 0 spiro atoms. The fourth-order valence-corrected chi connectivity index (χ4v) is 5.15. The number of nitrogens with zero attached hydrogens (tertiary/aromatic N) is 1. The minimum Gasteiger partial charge on any atom is -0.494 e. The fourth-order valence-electron chi connectivity index (χ4n) is 4.20. The van der Waals surface area contributed by atoms with Crippen LogP contribution in [0.4, 0.5) is 0 Å². The lowest BCUT2D eigenvalue weighted by Gasteiger charge is -2.22. The van der Waals surface area contributed by atoms with Crippen molar-refractivity contribution in [2.45, 2.75) is 40.2 Å². The monoisotopic (exact) mass is 547 g/mol. The topological polar surface area (TPSA) is 83.8 Å². The molecule has 0 fully saturated rings. The van der Waals surface area contributed by atoms with E-state index in [2.05, 4.69) is 0 Å². The summed E-state index contributed by atoms with van der Waals surface area (Å²) in [5.74, 6) is 1.14. The van der Waals surface area contributed by atoms with Crippen molar-refractivity contribution in [3.63, 3.8) is 0 Å². The van der Waals surface area contributed by atoms with Crippen molar-refractivity contribution in [2.75, 3.05) is 19.8 Å². The third-order valence-electron chi connectivity index (χ3n) is 6.42. The molecule has 4 aromatic rings. The molecule has 0 aliphatic rings. The molecule has 7 nitrogen and oxygen atoms in total. The highest BCUT2D eigenvalue weighted by molar-refractivity contribution is 7.16. The molecule has 8 heteroatoms. The maximum absolute atomic E-state index is 12.8. The first-order chi connectivity index (χ1) is 18.8. The van der Waals surface area contributed by atoms with Gasteiger partial charge in [0.05, 0.1) is 35.4 Å². The van der Waals surface area contributed by atoms with Crippen LogP contribution in [-0.2, 0) is 16.1 Å². The van der Waals surface area contributed by atoms with E-state index in [9.17, 15) is 14.4 Å². The number of benzene rings is 3. The summed E-state index contributed by atoms with van der Waals surface area (Å²) in [4.78, 5) is 37.3. The average Bonchev–Trinajstić information content (AvgIpc) is 3.26. The number of thiazole rings is 1. The van der Waals surface area contributed by atoms with Gasteiger partial charge in [-0.1, -0.05) is 41.7 Å². The number of rotatable bonds is 13. The minimum absolute atomic E-state index is 0.0684. The number of ketones is 1.